The Morgan fingerprint density at radius 3 is 3.05 bits per heavy atom. The van der Waals surface area contributed by atoms with Gasteiger partial charge in [-0.1, -0.05) is 18.2 Å². The molecule has 2 amide bonds. The highest BCUT2D eigenvalue weighted by Crippen LogP contribution is 2.16. The Morgan fingerprint density at radius 1 is 1.37 bits per heavy atom. The number of amides is 2. The van der Waals surface area contributed by atoms with Gasteiger partial charge in [0.1, 0.15) is 11.5 Å². The summed E-state index contributed by atoms with van der Waals surface area (Å²) in [6.45, 7) is 0.707. The molecule has 0 atom stereocenters. The van der Waals surface area contributed by atoms with Crippen LogP contribution in [0.5, 0.6) is 0 Å². The molecule has 0 saturated heterocycles. The summed E-state index contributed by atoms with van der Waals surface area (Å²) in [6.07, 6.45) is 9.97. The summed E-state index contributed by atoms with van der Waals surface area (Å²) in [4.78, 5) is 16.0. The molecule has 0 aliphatic heterocycles. The monoisotopic (exact) mass is 256 g/mol. The molecule has 3 rings (SSSR count). The normalized spacial score (nSPS) is 14.9. The zero-order valence-electron chi connectivity index (χ0n) is 10.5. The van der Waals surface area contributed by atoms with E-state index in [4.69, 9.17) is 0 Å². The Hall–Kier alpha value is -2.30. The van der Waals surface area contributed by atoms with E-state index in [2.05, 4.69) is 27.8 Å². The summed E-state index contributed by atoms with van der Waals surface area (Å²) < 4.78 is 1.84. The lowest BCUT2D eigenvalue weighted by atomic mass is 10.1. The Labute approximate surface area is 111 Å². The van der Waals surface area contributed by atoms with Crippen molar-refractivity contribution in [3.63, 3.8) is 0 Å². The first kappa shape index (κ1) is 11.8. The van der Waals surface area contributed by atoms with Crippen molar-refractivity contribution in [1.29, 1.82) is 0 Å². The van der Waals surface area contributed by atoms with Crippen LogP contribution in [0.25, 0.3) is 5.65 Å². The molecule has 1 aliphatic carbocycles. The summed E-state index contributed by atoms with van der Waals surface area (Å²) in [5, 5.41) is 5.75. The third-order valence-corrected chi connectivity index (χ3v) is 3.33. The minimum atomic E-state index is -0.173. The van der Waals surface area contributed by atoms with E-state index in [1.807, 2.05) is 28.8 Å². The van der Waals surface area contributed by atoms with Crippen LogP contribution < -0.4 is 10.6 Å². The van der Waals surface area contributed by atoms with Gasteiger partial charge < -0.3 is 5.32 Å². The maximum Gasteiger partial charge on any atom is 0.320 e. The molecule has 5 nitrogen and oxygen atoms in total. The molecule has 0 radical (unpaired) electrons. The third-order valence-electron chi connectivity index (χ3n) is 3.33. The average Bonchev–Trinajstić information content (AvgIpc) is 3.08. The van der Waals surface area contributed by atoms with Gasteiger partial charge in [0.25, 0.3) is 0 Å². The van der Waals surface area contributed by atoms with Gasteiger partial charge in [0, 0.05) is 18.9 Å². The van der Waals surface area contributed by atoms with Gasteiger partial charge in [-0.3, -0.25) is 9.72 Å². The van der Waals surface area contributed by atoms with Crippen LogP contribution in [0.2, 0.25) is 0 Å². The maximum atomic E-state index is 11.9. The van der Waals surface area contributed by atoms with Gasteiger partial charge in [-0.15, -0.1) is 0 Å². The quantitative estimate of drug-likeness (QED) is 0.829. The van der Waals surface area contributed by atoms with Crippen LogP contribution in [-0.4, -0.2) is 22.0 Å². The summed E-state index contributed by atoms with van der Waals surface area (Å²) in [7, 11) is 0. The molecule has 0 unspecified atom stereocenters. The van der Waals surface area contributed by atoms with E-state index in [1.54, 1.807) is 6.20 Å². The molecule has 5 heteroatoms. The Bertz CT molecular complexity index is 609. The fourth-order valence-corrected chi connectivity index (χ4v) is 2.29. The van der Waals surface area contributed by atoms with Crippen LogP contribution in [0.15, 0.2) is 42.7 Å². The number of anilines is 1. The first-order valence-electron chi connectivity index (χ1n) is 6.45. The summed E-state index contributed by atoms with van der Waals surface area (Å²) in [6, 6.07) is 5.45. The van der Waals surface area contributed by atoms with E-state index >= 15 is 0 Å². The second kappa shape index (κ2) is 5.14. The molecule has 2 N–H and O–H groups in total. The number of aromatic nitrogens is 2. The van der Waals surface area contributed by atoms with Crippen LogP contribution >= 0.6 is 0 Å². The van der Waals surface area contributed by atoms with Gasteiger partial charge in [0.05, 0.1) is 0 Å². The van der Waals surface area contributed by atoms with Crippen molar-refractivity contribution in [2.24, 2.45) is 5.92 Å². The molecule has 1 aliphatic rings. The Kier molecular flexibility index (Phi) is 3.18. The third kappa shape index (κ3) is 2.59. The molecular formula is C14H16N4O. The van der Waals surface area contributed by atoms with E-state index in [9.17, 15) is 4.79 Å². The van der Waals surface area contributed by atoms with E-state index in [0.717, 1.165) is 24.3 Å². The number of fused-ring (bicyclic) bond motifs is 1. The molecule has 0 bridgehead atoms. The number of urea groups is 1. The minimum Gasteiger partial charge on any atom is -0.338 e. The molecule has 98 valence electrons. The molecule has 2 heterocycles. The van der Waals surface area contributed by atoms with Crippen LogP contribution in [0.1, 0.15) is 12.8 Å². The zero-order valence-corrected chi connectivity index (χ0v) is 10.5. The largest absolute Gasteiger partial charge is 0.338 e. The highest BCUT2D eigenvalue weighted by molar-refractivity contribution is 5.88. The number of nitrogens with zero attached hydrogens (tertiary/aromatic N) is 2. The highest BCUT2D eigenvalue weighted by atomic mass is 16.2. The topological polar surface area (TPSA) is 58.4 Å². The van der Waals surface area contributed by atoms with Crippen LogP contribution in [0.3, 0.4) is 0 Å². The molecule has 2 aromatic heterocycles. The van der Waals surface area contributed by atoms with E-state index in [1.165, 1.54) is 0 Å². The minimum absolute atomic E-state index is 0.173. The predicted octanol–water partition coefficient (Wildman–Crippen LogP) is 2.42. The smallest absolute Gasteiger partial charge is 0.320 e. The second-order valence-corrected chi connectivity index (χ2v) is 4.71. The van der Waals surface area contributed by atoms with Crippen LogP contribution in [0.4, 0.5) is 10.6 Å². The molecular weight excluding hydrogens is 240 g/mol. The number of carbonyl (C=O) groups excluding carboxylic acids is 1. The van der Waals surface area contributed by atoms with Crippen molar-refractivity contribution in [2.45, 2.75) is 12.8 Å². The fourth-order valence-electron chi connectivity index (χ4n) is 2.29. The summed E-state index contributed by atoms with van der Waals surface area (Å²) >= 11 is 0. The second-order valence-electron chi connectivity index (χ2n) is 4.71. The first-order valence-corrected chi connectivity index (χ1v) is 6.45. The number of rotatable bonds is 3. The van der Waals surface area contributed by atoms with Gasteiger partial charge in [-0.05, 0) is 30.9 Å². The lowest BCUT2D eigenvalue weighted by molar-refractivity contribution is 0.250. The van der Waals surface area contributed by atoms with E-state index < -0.39 is 0 Å². The number of hydrogen-bond acceptors (Lipinski definition) is 2. The number of carbonyl (C=O) groups is 1. The van der Waals surface area contributed by atoms with Gasteiger partial charge >= 0.3 is 6.03 Å². The van der Waals surface area contributed by atoms with Crippen molar-refractivity contribution in [3.8, 4) is 0 Å². The van der Waals surface area contributed by atoms with Gasteiger partial charge in [-0.2, -0.15) is 0 Å². The van der Waals surface area contributed by atoms with Crippen molar-refractivity contribution >= 4 is 17.5 Å². The van der Waals surface area contributed by atoms with Crippen LogP contribution in [0, 0.1) is 5.92 Å². The lowest BCUT2D eigenvalue weighted by Crippen LogP contribution is -2.33. The first-order chi connectivity index (χ1) is 9.33. The molecule has 19 heavy (non-hydrogen) atoms. The van der Waals surface area contributed by atoms with Crippen molar-refractivity contribution in [3.05, 3.63) is 42.7 Å². The molecule has 0 spiro atoms. The summed E-state index contributed by atoms with van der Waals surface area (Å²) in [5.41, 5.74) is 0.817. The maximum absolute atomic E-state index is 11.9. The average molecular weight is 256 g/mol. The number of imidazole rings is 1. The standard InChI is InChI=1S/C14H16N4O/c19-14(16-10-11-4-1-2-5-11)17-13-7-3-6-12-15-8-9-18(12)13/h1-3,6-9,11H,4-5,10H2,(H2,16,17,19). The SMILES string of the molecule is O=C(NCC1CC=CC1)Nc1cccc2nccn12. The molecule has 0 aromatic carbocycles. The van der Waals surface area contributed by atoms with E-state index in [-0.39, 0.29) is 6.03 Å². The fraction of sp³-hybridized carbons (Fsp3) is 0.286. The predicted molar refractivity (Wildman–Crippen MR) is 74.1 cm³/mol. The number of allylic oxidation sites excluding steroid dienone is 2. The van der Waals surface area contributed by atoms with Gasteiger partial charge in [0.15, 0.2) is 0 Å². The molecule has 0 saturated carbocycles. The zero-order chi connectivity index (χ0) is 13.1. The van der Waals surface area contributed by atoms with Crippen molar-refractivity contribution in [2.75, 3.05) is 11.9 Å². The van der Waals surface area contributed by atoms with Gasteiger partial charge in [-0.25, -0.2) is 9.78 Å². The van der Waals surface area contributed by atoms with Crippen molar-refractivity contribution < 1.29 is 4.79 Å². The number of pyridine rings is 1. The molecule has 2 aromatic rings. The Morgan fingerprint density at radius 2 is 2.21 bits per heavy atom. The number of hydrogen-bond donors (Lipinski definition) is 2. The highest BCUT2D eigenvalue weighted by Gasteiger charge is 2.12. The van der Waals surface area contributed by atoms with Crippen LogP contribution in [-0.2, 0) is 0 Å². The van der Waals surface area contributed by atoms with E-state index in [0.29, 0.717) is 12.5 Å². The Balaban J connectivity index is 1.61. The summed E-state index contributed by atoms with van der Waals surface area (Å²) in [5.74, 6) is 1.26. The van der Waals surface area contributed by atoms with Gasteiger partial charge in [0.2, 0.25) is 0 Å². The molecule has 0 fully saturated rings. The van der Waals surface area contributed by atoms with Crippen molar-refractivity contribution in [1.82, 2.24) is 14.7 Å². The lowest BCUT2D eigenvalue weighted by Gasteiger charge is -2.12. The number of nitrogens with one attached hydrogen (secondary N) is 2.